The van der Waals surface area contributed by atoms with Gasteiger partial charge in [-0.05, 0) is 24.3 Å². The number of alkyl halides is 3. The molecule has 4 rings (SSSR count). The number of benzene rings is 2. The number of anilines is 1. The van der Waals surface area contributed by atoms with Crippen LogP contribution in [0.5, 0.6) is 5.75 Å². The first-order valence-corrected chi connectivity index (χ1v) is 13.1. The predicted molar refractivity (Wildman–Crippen MR) is 113 cm³/mol. The van der Waals surface area contributed by atoms with Gasteiger partial charge in [-0.2, -0.15) is 13.2 Å². The number of hydrogen-bond donors (Lipinski definition) is 0. The summed E-state index contributed by atoms with van der Waals surface area (Å²) in [5.41, 5.74) is -2.70. The van der Waals surface area contributed by atoms with Crippen LogP contribution in [-0.4, -0.2) is 64.7 Å². The molecule has 0 spiro atoms. The lowest BCUT2D eigenvalue weighted by molar-refractivity contribution is -0.138. The molecule has 1 fully saturated rings. The maximum Gasteiger partial charge on any atom is 0.420 e. The SMILES string of the molecule is COc1c(C(=O)N2CCS(=O)(=O)C2)cc(C(=O)N2CS(=O)(=O)c3ccccc32)cc1C(F)(F)F. The second-order valence-electron chi connectivity index (χ2n) is 7.69. The van der Waals surface area contributed by atoms with Crippen LogP contribution >= 0.6 is 0 Å². The van der Waals surface area contributed by atoms with Crippen LogP contribution in [0.1, 0.15) is 26.3 Å². The Labute approximate surface area is 192 Å². The van der Waals surface area contributed by atoms with E-state index in [9.17, 15) is 39.6 Å². The number of amides is 2. The first-order chi connectivity index (χ1) is 15.7. The zero-order valence-corrected chi connectivity index (χ0v) is 19.1. The van der Waals surface area contributed by atoms with Gasteiger partial charge in [0.15, 0.2) is 19.7 Å². The third-order valence-corrected chi connectivity index (χ3v) is 8.55. The molecule has 0 aliphatic carbocycles. The fourth-order valence-electron chi connectivity index (χ4n) is 3.86. The van der Waals surface area contributed by atoms with E-state index in [1.54, 1.807) is 0 Å². The molecular weight excluding hydrogens is 501 g/mol. The molecule has 0 radical (unpaired) electrons. The van der Waals surface area contributed by atoms with Crippen LogP contribution in [0.25, 0.3) is 0 Å². The first kappa shape index (κ1) is 24.0. The molecule has 0 unspecified atom stereocenters. The lowest BCUT2D eigenvalue weighted by Crippen LogP contribution is -2.32. The number of rotatable bonds is 3. The lowest BCUT2D eigenvalue weighted by Gasteiger charge is -2.22. The zero-order valence-electron chi connectivity index (χ0n) is 17.5. The van der Waals surface area contributed by atoms with Crippen molar-refractivity contribution in [1.29, 1.82) is 0 Å². The average molecular weight is 518 g/mol. The van der Waals surface area contributed by atoms with E-state index in [0.29, 0.717) is 6.07 Å². The van der Waals surface area contributed by atoms with Gasteiger partial charge in [-0.15, -0.1) is 0 Å². The Balaban J connectivity index is 1.85. The van der Waals surface area contributed by atoms with Crippen LogP contribution in [0, 0.1) is 0 Å². The quantitative estimate of drug-likeness (QED) is 0.609. The molecule has 34 heavy (non-hydrogen) atoms. The Morgan fingerprint density at radius 2 is 1.68 bits per heavy atom. The number of sulfone groups is 2. The maximum atomic E-state index is 13.8. The number of fused-ring (bicyclic) bond motifs is 1. The Morgan fingerprint density at radius 1 is 1.00 bits per heavy atom. The Morgan fingerprint density at radius 3 is 2.26 bits per heavy atom. The molecule has 0 atom stereocenters. The number of carbonyl (C=O) groups is 2. The Bertz CT molecular complexity index is 1420. The van der Waals surface area contributed by atoms with Gasteiger partial charge in [-0.3, -0.25) is 14.5 Å². The van der Waals surface area contributed by atoms with Gasteiger partial charge < -0.3 is 9.64 Å². The van der Waals surface area contributed by atoms with Gasteiger partial charge in [-0.1, -0.05) is 12.1 Å². The Hall–Kier alpha value is -3.13. The van der Waals surface area contributed by atoms with Crippen molar-refractivity contribution < 1.29 is 44.3 Å². The van der Waals surface area contributed by atoms with Crippen molar-refractivity contribution in [3.8, 4) is 5.75 Å². The number of para-hydroxylation sites is 1. The monoisotopic (exact) mass is 518 g/mol. The number of carbonyl (C=O) groups excluding carboxylic acids is 2. The molecule has 182 valence electrons. The summed E-state index contributed by atoms with van der Waals surface area (Å²) in [6.07, 6.45) is -5.04. The van der Waals surface area contributed by atoms with Crippen LogP contribution in [-0.2, 0) is 25.9 Å². The Kier molecular flexibility index (Phi) is 5.63. The number of hydrogen-bond acceptors (Lipinski definition) is 7. The summed E-state index contributed by atoms with van der Waals surface area (Å²) in [7, 11) is -6.58. The van der Waals surface area contributed by atoms with Crippen LogP contribution < -0.4 is 9.64 Å². The fraction of sp³-hybridized carbons (Fsp3) is 0.300. The molecule has 0 aromatic heterocycles. The molecule has 2 aliphatic heterocycles. The van der Waals surface area contributed by atoms with Crippen molar-refractivity contribution >= 4 is 37.2 Å². The molecule has 14 heteroatoms. The van der Waals surface area contributed by atoms with Gasteiger partial charge in [-0.25, -0.2) is 16.8 Å². The summed E-state index contributed by atoms with van der Waals surface area (Å²) in [5, 5.41) is 0. The smallest absolute Gasteiger partial charge is 0.420 e. The van der Waals surface area contributed by atoms with Crippen LogP contribution in [0.3, 0.4) is 0 Å². The second kappa shape index (κ2) is 7.98. The normalized spacial score (nSPS) is 18.6. The minimum Gasteiger partial charge on any atom is -0.495 e. The van der Waals surface area contributed by atoms with Gasteiger partial charge in [0, 0.05) is 12.1 Å². The highest BCUT2D eigenvalue weighted by Gasteiger charge is 2.41. The zero-order chi connectivity index (χ0) is 25.1. The fourth-order valence-corrected chi connectivity index (χ4v) is 6.73. The summed E-state index contributed by atoms with van der Waals surface area (Å²) < 4.78 is 94.7. The van der Waals surface area contributed by atoms with E-state index in [4.69, 9.17) is 4.74 Å². The van der Waals surface area contributed by atoms with Crippen LogP contribution in [0.2, 0.25) is 0 Å². The molecule has 2 aliphatic rings. The average Bonchev–Trinajstić information content (AvgIpc) is 3.27. The van der Waals surface area contributed by atoms with Gasteiger partial charge in [0.1, 0.15) is 17.5 Å². The molecule has 2 heterocycles. The van der Waals surface area contributed by atoms with E-state index in [-0.39, 0.29) is 22.9 Å². The highest BCUT2D eigenvalue weighted by atomic mass is 32.2. The second-order valence-corrected chi connectivity index (χ2v) is 11.8. The number of halogens is 3. The summed E-state index contributed by atoms with van der Waals surface area (Å²) in [5.74, 6) is -4.84. The van der Waals surface area contributed by atoms with Crippen molar-refractivity contribution in [2.45, 2.75) is 11.1 Å². The summed E-state index contributed by atoms with van der Waals surface area (Å²) in [4.78, 5) is 27.7. The highest BCUT2D eigenvalue weighted by Crippen LogP contribution is 2.41. The molecule has 0 N–H and O–H groups in total. The molecule has 2 amide bonds. The molecule has 1 saturated heterocycles. The predicted octanol–water partition coefficient (Wildman–Crippen LogP) is 1.93. The van der Waals surface area contributed by atoms with Gasteiger partial charge in [0.2, 0.25) is 0 Å². The molecule has 0 saturated carbocycles. The number of ether oxygens (including phenoxy) is 1. The van der Waals surface area contributed by atoms with Crippen molar-refractivity contribution in [3.63, 3.8) is 0 Å². The minimum atomic E-state index is -5.04. The van der Waals surface area contributed by atoms with Crippen molar-refractivity contribution in [1.82, 2.24) is 4.90 Å². The highest BCUT2D eigenvalue weighted by molar-refractivity contribution is 7.92. The van der Waals surface area contributed by atoms with Gasteiger partial charge >= 0.3 is 6.18 Å². The first-order valence-electron chi connectivity index (χ1n) is 9.68. The van der Waals surface area contributed by atoms with E-state index in [2.05, 4.69) is 0 Å². The lowest BCUT2D eigenvalue weighted by atomic mass is 10.0. The summed E-state index contributed by atoms with van der Waals surface area (Å²) in [6.45, 7) is -0.235. The molecule has 0 bridgehead atoms. The van der Waals surface area contributed by atoms with Crippen molar-refractivity contribution in [2.24, 2.45) is 0 Å². The third kappa shape index (κ3) is 4.11. The maximum absolute atomic E-state index is 13.8. The third-order valence-electron chi connectivity index (χ3n) is 5.42. The summed E-state index contributed by atoms with van der Waals surface area (Å²) >= 11 is 0. The van der Waals surface area contributed by atoms with Crippen LogP contribution in [0.4, 0.5) is 18.9 Å². The number of nitrogens with zero attached hydrogens (tertiary/aromatic N) is 2. The largest absolute Gasteiger partial charge is 0.495 e. The number of methoxy groups -OCH3 is 1. The molecule has 2 aromatic carbocycles. The van der Waals surface area contributed by atoms with E-state index >= 15 is 0 Å². The van der Waals surface area contributed by atoms with Crippen LogP contribution in [0.15, 0.2) is 41.3 Å². The van der Waals surface area contributed by atoms with Crippen molar-refractivity contribution in [3.05, 3.63) is 53.1 Å². The summed E-state index contributed by atoms with van der Waals surface area (Å²) in [6, 6.07) is 6.87. The van der Waals surface area contributed by atoms with E-state index < -0.39 is 71.9 Å². The minimum absolute atomic E-state index is 0.00427. The topological polar surface area (TPSA) is 118 Å². The molecular formula is C20H17F3N2O7S2. The van der Waals surface area contributed by atoms with E-state index in [1.165, 1.54) is 24.3 Å². The molecule has 2 aromatic rings. The van der Waals surface area contributed by atoms with E-state index in [0.717, 1.165) is 23.0 Å². The van der Waals surface area contributed by atoms with Gasteiger partial charge in [0.25, 0.3) is 11.8 Å². The van der Waals surface area contributed by atoms with E-state index in [1.807, 2.05) is 0 Å². The standard InChI is InChI=1S/C20H17F3N2O7S2/c1-32-17-13(19(27)24-6-7-33(28,29)10-24)8-12(9-14(17)20(21,22)23)18(26)25-11-34(30,31)16-5-3-2-4-15(16)25/h2-5,8-9H,6-7,10-11H2,1H3. The van der Waals surface area contributed by atoms with Gasteiger partial charge in [0.05, 0.1) is 34.6 Å². The molecule has 9 nitrogen and oxygen atoms in total. The van der Waals surface area contributed by atoms with Crippen molar-refractivity contribution in [2.75, 3.05) is 36.1 Å².